The number of carbonyl (C=O) groups excluding carboxylic acids is 1. The lowest BCUT2D eigenvalue weighted by Gasteiger charge is -2.19. The fraction of sp³-hybridized carbons (Fsp3) is 0.286. The highest BCUT2D eigenvalue weighted by molar-refractivity contribution is 6.22. The summed E-state index contributed by atoms with van der Waals surface area (Å²) in [4.78, 5) is 17.4. The molecule has 0 bridgehead atoms. The van der Waals surface area contributed by atoms with Gasteiger partial charge in [0.1, 0.15) is 0 Å². The van der Waals surface area contributed by atoms with Gasteiger partial charge in [0.2, 0.25) is 0 Å². The van der Waals surface area contributed by atoms with Crippen molar-refractivity contribution < 1.29 is 4.79 Å². The minimum absolute atomic E-state index is 0.149. The number of rotatable bonds is 2. The average molecular weight is 331 g/mol. The molecular weight excluding hydrogens is 310 g/mol. The van der Waals surface area contributed by atoms with E-state index in [4.69, 9.17) is 0 Å². The molecule has 2 aliphatic heterocycles. The van der Waals surface area contributed by atoms with Crippen molar-refractivity contribution in [3.8, 4) is 11.1 Å². The summed E-state index contributed by atoms with van der Waals surface area (Å²) in [6.45, 7) is 3.03. The van der Waals surface area contributed by atoms with E-state index in [0.29, 0.717) is 5.92 Å². The van der Waals surface area contributed by atoms with Crippen LogP contribution in [0.1, 0.15) is 15.9 Å². The molecule has 4 heteroatoms. The first kappa shape index (κ1) is 14.6. The van der Waals surface area contributed by atoms with Gasteiger partial charge in [-0.15, -0.1) is 0 Å². The fourth-order valence-electron chi connectivity index (χ4n) is 4.22. The van der Waals surface area contributed by atoms with Gasteiger partial charge in [-0.3, -0.25) is 4.79 Å². The van der Waals surface area contributed by atoms with E-state index in [1.165, 1.54) is 5.57 Å². The van der Waals surface area contributed by atoms with Gasteiger partial charge in [-0.05, 0) is 47.2 Å². The molecule has 1 N–H and O–H groups in total. The second-order valence-corrected chi connectivity index (χ2v) is 7.39. The van der Waals surface area contributed by atoms with Crippen LogP contribution < -0.4 is 15.1 Å². The van der Waals surface area contributed by atoms with Crippen molar-refractivity contribution in [2.75, 3.05) is 43.5 Å². The van der Waals surface area contributed by atoms with E-state index >= 15 is 0 Å². The van der Waals surface area contributed by atoms with Gasteiger partial charge < -0.3 is 15.1 Å². The van der Waals surface area contributed by atoms with E-state index in [2.05, 4.69) is 46.7 Å². The summed E-state index contributed by atoms with van der Waals surface area (Å²) in [7, 11) is 4.00. The fourth-order valence-corrected chi connectivity index (χ4v) is 4.22. The molecule has 0 aromatic heterocycles. The Morgan fingerprint density at radius 2 is 1.80 bits per heavy atom. The highest BCUT2D eigenvalue weighted by atomic mass is 16.1. The van der Waals surface area contributed by atoms with Gasteiger partial charge in [-0.1, -0.05) is 12.1 Å². The first-order valence-corrected chi connectivity index (χ1v) is 8.79. The van der Waals surface area contributed by atoms with E-state index in [9.17, 15) is 4.79 Å². The Bertz CT molecular complexity index is 929. The molecule has 1 aliphatic carbocycles. The number of anilines is 2. The van der Waals surface area contributed by atoms with Crippen molar-refractivity contribution >= 4 is 17.2 Å². The SMILES string of the molecule is CN(C)c1ccc2c(c1)C(=O)c1cc(N3CC4=CNCC4C3)ccc1-2. The van der Waals surface area contributed by atoms with Crippen LogP contribution in [0.15, 0.2) is 48.2 Å². The normalized spacial score (nSPS) is 20.1. The van der Waals surface area contributed by atoms with Crippen molar-refractivity contribution in [2.45, 2.75) is 0 Å². The molecule has 25 heavy (non-hydrogen) atoms. The van der Waals surface area contributed by atoms with Crippen LogP contribution in [0.2, 0.25) is 0 Å². The molecule has 0 saturated carbocycles. The van der Waals surface area contributed by atoms with Crippen LogP contribution in [-0.2, 0) is 0 Å². The Morgan fingerprint density at radius 3 is 2.56 bits per heavy atom. The van der Waals surface area contributed by atoms with Gasteiger partial charge in [-0.25, -0.2) is 0 Å². The molecule has 1 unspecified atom stereocenters. The van der Waals surface area contributed by atoms with E-state index < -0.39 is 0 Å². The zero-order chi connectivity index (χ0) is 17.1. The molecule has 5 rings (SSSR count). The van der Waals surface area contributed by atoms with Crippen LogP contribution in [0.4, 0.5) is 11.4 Å². The summed E-state index contributed by atoms with van der Waals surface area (Å²) in [5.41, 5.74) is 7.48. The van der Waals surface area contributed by atoms with Crippen LogP contribution in [0.5, 0.6) is 0 Å². The van der Waals surface area contributed by atoms with E-state index in [1.807, 2.05) is 25.1 Å². The number of hydrogen-bond donors (Lipinski definition) is 1. The summed E-state index contributed by atoms with van der Waals surface area (Å²) in [6, 6.07) is 12.5. The van der Waals surface area contributed by atoms with Crippen molar-refractivity contribution in [3.05, 3.63) is 59.3 Å². The van der Waals surface area contributed by atoms with E-state index in [-0.39, 0.29) is 5.78 Å². The van der Waals surface area contributed by atoms with Crippen molar-refractivity contribution in [3.63, 3.8) is 0 Å². The van der Waals surface area contributed by atoms with Crippen LogP contribution in [0.25, 0.3) is 11.1 Å². The number of benzene rings is 2. The number of carbonyl (C=O) groups is 1. The zero-order valence-corrected chi connectivity index (χ0v) is 14.5. The molecule has 1 fully saturated rings. The van der Waals surface area contributed by atoms with Gasteiger partial charge >= 0.3 is 0 Å². The largest absolute Gasteiger partial charge is 0.390 e. The van der Waals surface area contributed by atoms with Crippen molar-refractivity contribution in [1.29, 1.82) is 0 Å². The van der Waals surface area contributed by atoms with Crippen molar-refractivity contribution in [1.82, 2.24) is 5.32 Å². The third-order valence-electron chi connectivity index (χ3n) is 5.66. The molecule has 0 amide bonds. The first-order valence-electron chi connectivity index (χ1n) is 8.79. The molecule has 1 atom stereocenters. The van der Waals surface area contributed by atoms with Gasteiger partial charge in [0.15, 0.2) is 5.78 Å². The Morgan fingerprint density at radius 1 is 1.04 bits per heavy atom. The summed E-state index contributed by atoms with van der Waals surface area (Å²) in [6.07, 6.45) is 2.15. The van der Waals surface area contributed by atoms with Gasteiger partial charge in [0.25, 0.3) is 0 Å². The lowest BCUT2D eigenvalue weighted by molar-refractivity contribution is 0.104. The van der Waals surface area contributed by atoms with Gasteiger partial charge in [0, 0.05) is 62.1 Å². The average Bonchev–Trinajstić information content (AvgIpc) is 3.28. The number of fused-ring (bicyclic) bond motifs is 4. The Balaban J connectivity index is 1.52. The predicted molar refractivity (Wildman–Crippen MR) is 101 cm³/mol. The maximum absolute atomic E-state index is 13.0. The molecular formula is C21H21N3O. The second-order valence-electron chi connectivity index (χ2n) is 7.39. The van der Waals surface area contributed by atoms with Gasteiger partial charge in [-0.2, -0.15) is 0 Å². The van der Waals surface area contributed by atoms with E-state index in [1.54, 1.807) is 0 Å². The lowest BCUT2D eigenvalue weighted by Crippen LogP contribution is -2.23. The number of ketones is 1. The van der Waals surface area contributed by atoms with Crippen LogP contribution in [0.3, 0.4) is 0 Å². The third-order valence-corrected chi connectivity index (χ3v) is 5.66. The highest BCUT2D eigenvalue weighted by Gasteiger charge is 2.32. The molecule has 1 saturated heterocycles. The molecule has 2 aromatic rings. The molecule has 4 nitrogen and oxygen atoms in total. The Labute approximate surface area is 147 Å². The minimum atomic E-state index is 0.149. The number of nitrogens with zero attached hydrogens (tertiary/aromatic N) is 2. The zero-order valence-electron chi connectivity index (χ0n) is 14.5. The molecule has 2 heterocycles. The summed E-state index contributed by atoms with van der Waals surface area (Å²) < 4.78 is 0. The molecule has 0 spiro atoms. The monoisotopic (exact) mass is 331 g/mol. The topological polar surface area (TPSA) is 35.6 Å². The second kappa shape index (κ2) is 5.12. The molecule has 2 aromatic carbocycles. The summed E-state index contributed by atoms with van der Waals surface area (Å²) in [5, 5.41) is 3.32. The molecule has 0 radical (unpaired) electrons. The Hall–Kier alpha value is -2.75. The summed E-state index contributed by atoms with van der Waals surface area (Å²) in [5.74, 6) is 0.764. The molecule has 3 aliphatic rings. The first-order chi connectivity index (χ1) is 12.1. The number of hydrogen-bond acceptors (Lipinski definition) is 4. The van der Waals surface area contributed by atoms with E-state index in [0.717, 1.165) is 53.3 Å². The lowest BCUT2D eigenvalue weighted by atomic mass is 10.0. The number of nitrogens with one attached hydrogen (secondary N) is 1. The van der Waals surface area contributed by atoms with Crippen molar-refractivity contribution in [2.24, 2.45) is 5.92 Å². The highest BCUT2D eigenvalue weighted by Crippen LogP contribution is 2.41. The minimum Gasteiger partial charge on any atom is -0.390 e. The molecule has 126 valence electrons. The van der Waals surface area contributed by atoms with Gasteiger partial charge in [0.05, 0.1) is 0 Å². The maximum Gasteiger partial charge on any atom is 0.194 e. The summed E-state index contributed by atoms with van der Waals surface area (Å²) >= 11 is 0. The standard InChI is InChI=1S/C21H21N3O/c1-23(2)15-3-5-17-18-6-4-16(8-20(18)21(25)19(17)7-15)24-11-13-9-22-10-14(13)12-24/h3-9,14,22H,10-12H2,1-2H3. The Kier molecular flexibility index (Phi) is 2.99. The van der Waals surface area contributed by atoms with Crippen LogP contribution >= 0.6 is 0 Å². The smallest absolute Gasteiger partial charge is 0.194 e. The van der Waals surface area contributed by atoms with Crippen LogP contribution in [-0.4, -0.2) is 39.5 Å². The van der Waals surface area contributed by atoms with Crippen LogP contribution in [0, 0.1) is 5.92 Å². The quantitative estimate of drug-likeness (QED) is 0.783. The predicted octanol–water partition coefficient (Wildman–Crippen LogP) is 2.89. The third kappa shape index (κ3) is 2.10. The maximum atomic E-state index is 13.0.